The van der Waals surface area contributed by atoms with E-state index in [9.17, 15) is 4.21 Å². The van der Waals surface area contributed by atoms with Gasteiger partial charge in [0.15, 0.2) is 0 Å². The van der Waals surface area contributed by atoms with Crippen molar-refractivity contribution in [1.82, 2.24) is 9.55 Å². The molecule has 0 aromatic carbocycles. The Bertz CT molecular complexity index is 336. The highest BCUT2D eigenvalue weighted by Gasteiger charge is 2.04. The van der Waals surface area contributed by atoms with Gasteiger partial charge < -0.3 is 9.88 Å². The summed E-state index contributed by atoms with van der Waals surface area (Å²) < 4.78 is 13.4. The summed E-state index contributed by atoms with van der Waals surface area (Å²) in [5, 5.41) is 3.29. The van der Waals surface area contributed by atoms with Gasteiger partial charge in [0.05, 0.1) is 0 Å². The van der Waals surface area contributed by atoms with Crippen LogP contribution in [0.25, 0.3) is 0 Å². The second-order valence-electron chi connectivity index (χ2n) is 4.15. The van der Waals surface area contributed by atoms with Gasteiger partial charge in [-0.25, -0.2) is 4.98 Å². The second-order valence-corrected chi connectivity index (χ2v) is 6.02. The summed E-state index contributed by atoms with van der Waals surface area (Å²) in [5.41, 5.74) is 0. The molecule has 1 aromatic heterocycles. The second kappa shape index (κ2) is 6.68. The first-order valence-corrected chi connectivity index (χ1v) is 7.22. The number of anilines is 1. The summed E-state index contributed by atoms with van der Waals surface area (Å²) in [6.07, 6.45) is 3.70. The van der Waals surface area contributed by atoms with Crippen LogP contribution in [0.3, 0.4) is 0 Å². The maximum atomic E-state index is 11.3. The molecule has 0 spiro atoms. The Morgan fingerprint density at radius 2 is 2.31 bits per heavy atom. The van der Waals surface area contributed by atoms with Gasteiger partial charge in [0.25, 0.3) is 0 Å². The summed E-state index contributed by atoms with van der Waals surface area (Å²) >= 11 is 0. The van der Waals surface area contributed by atoms with Crippen LogP contribution < -0.4 is 5.32 Å². The predicted molar refractivity (Wildman–Crippen MR) is 69.1 cm³/mol. The van der Waals surface area contributed by atoms with E-state index in [1.165, 1.54) is 0 Å². The van der Waals surface area contributed by atoms with Crippen LogP contribution in [0, 0.1) is 5.92 Å². The molecule has 1 unspecified atom stereocenters. The Kier molecular flexibility index (Phi) is 5.52. The van der Waals surface area contributed by atoms with E-state index in [1.54, 1.807) is 6.20 Å². The lowest BCUT2D eigenvalue weighted by Gasteiger charge is -2.10. The summed E-state index contributed by atoms with van der Waals surface area (Å²) in [7, 11) is -0.709. The van der Waals surface area contributed by atoms with E-state index < -0.39 is 10.8 Å². The molecule has 0 saturated heterocycles. The molecular weight excluding hydrogens is 222 g/mol. The van der Waals surface area contributed by atoms with Crippen LogP contribution in [0.4, 0.5) is 5.95 Å². The van der Waals surface area contributed by atoms with E-state index in [0.29, 0.717) is 11.7 Å². The highest BCUT2D eigenvalue weighted by atomic mass is 32.2. The number of aromatic nitrogens is 2. The van der Waals surface area contributed by atoms with Crippen molar-refractivity contribution in [3.8, 4) is 0 Å². The van der Waals surface area contributed by atoms with E-state index in [1.807, 2.05) is 17.7 Å². The van der Waals surface area contributed by atoms with Crippen LogP contribution in [-0.4, -0.2) is 31.8 Å². The number of imidazole rings is 1. The number of hydrogen-bond donors (Lipinski definition) is 1. The minimum atomic E-state index is -0.709. The fraction of sp³-hybridized carbons (Fsp3) is 0.727. The smallest absolute Gasteiger partial charge is 0.202 e. The zero-order valence-electron chi connectivity index (χ0n) is 10.3. The van der Waals surface area contributed by atoms with Gasteiger partial charge in [0.1, 0.15) is 0 Å². The lowest BCUT2D eigenvalue weighted by molar-refractivity contribution is 0.665. The van der Waals surface area contributed by atoms with Crippen LogP contribution >= 0.6 is 0 Å². The normalized spacial score (nSPS) is 13.0. The van der Waals surface area contributed by atoms with Crippen LogP contribution in [0.5, 0.6) is 0 Å². The average molecular weight is 243 g/mol. The van der Waals surface area contributed by atoms with Crippen molar-refractivity contribution in [1.29, 1.82) is 0 Å². The molecule has 1 atom stereocenters. The Labute approximate surface area is 99.9 Å². The van der Waals surface area contributed by atoms with Crippen molar-refractivity contribution in [3.05, 3.63) is 12.4 Å². The summed E-state index contributed by atoms with van der Waals surface area (Å²) in [4.78, 5) is 4.24. The predicted octanol–water partition coefficient (Wildman–Crippen LogP) is 1.72. The summed E-state index contributed by atoms with van der Waals surface area (Å²) in [5.74, 6) is 2.89. The van der Waals surface area contributed by atoms with Crippen LogP contribution in [0.2, 0.25) is 0 Å². The van der Waals surface area contributed by atoms with Crippen LogP contribution in [0.1, 0.15) is 20.8 Å². The molecule has 1 rings (SSSR count). The zero-order chi connectivity index (χ0) is 12.0. The van der Waals surface area contributed by atoms with Crippen molar-refractivity contribution in [2.45, 2.75) is 27.3 Å². The first kappa shape index (κ1) is 13.2. The van der Waals surface area contributed by atoms with Gasteiger partial charge >= 0.3 is 0 Å². The standard InChI is InChI=1S/C11H21N3OS/c1-4-16(15)8-7-14-6-5-12-11(14)13-9-10(2)3/h5-6,10H,4,7-9H2,1-3H3,(H,12,13). The highest BCUT2D eigenvalue weighted by molar-refractivity contribution is 7.84. The Hall–Kier alpha value is -0.840. The lowest BCUT2D eigenvalue weighted by Crippen LogP contribution is -2.15. The quantitative estimate of drug-likeness (QED) is 0.793. The fourth-order valence-electron chi connectivity index (χ4n) is 1.30. The minimum Gasteiger partial charge on any atom is -0.355 e. The van der Waals surface area contributed by atoms with Gasteiger partial charge in [-0.2, -0.15) is 0 Å². The molecule has 0 aliphatic rings. The first-order valence-electron chi connectivity index (χ1n) is 5.73. The molecule has 0 amide bonds. The summed E-state index contributed by atoms with van der Waals surface area (Å²) in [6.45, 7) is 7.94. The molecule has 0 radical (unpaired) electrons. The number of rotatable bonds is 7. The maximum absolute atomic E-state index is 11.3. The molecule has 0 bridgehead atoms. The van der Waals surface area contributed by atoms with Crippen LogP contribution in [0.15, 0.2) is 12.4 Å². The Balaban J connectivity index is 2.47. The fourth-order valence-corrected chi connectivity index (χ4v) is 1.99. The number of aryl methyl sites for hydroxylation is 1. The summed E-state index contributed by atoms with van der Waals surface area (Å²) in [6, 6.07) is 0. The topological polar surface area (TPSA) is 46.9 Å². The molecule has 0 aliphatic carbocycles. The molecule has 4 nitrogen and oxygen atoms in total. The van der Waals surface area contributed by atoms with E-state index in [0.717, 1.165) is 24.8 Å². The van der Waals surface area contributed by atoms with E-state index in [-0.39, 0.29) is 0 Å². The Morgan fingerprint density at radius 3 is 2.94 bits per heavy atom. The van der Waals surface area contributed by atoms with Gasteiger partial charge in [0, 0.05) is 47.8 Å². The number of nitrogens with one attached hydrogen (secondary N) is 1. The zero-order valence-corrected chi connectivity index (χ0v) is 11.1. The van der Waals surface area contributed by atoms with Gasteiger partial charge in [-0.15, -0.1) is 0 Å². The third kappa shape index (κ3) is 4.35. The van der Waals surface area contributed by atoms with Crippen LogP contribution in [-0.2, 0) is 17.3 Å². The number of hydrogen-bond acceptors (Lipinski definition) is 3. The highest BCUT2D eigenvalue weighted by Crippen LogP contribution is 2.05. The molecule has 0 aliphatic heterocycles. The van der Waals surface area contributed by atoms with Gasteiger partial charge in [-0.05, 0) is 5.92 Å². The van der Waals surface area contributed by atoms with Crippen molar-refractivity contribution >= 4 is 16.7 Å². The molecule has 16 heavy (non-hydrogen) atoms. The van der Waals surface area contributed by atoms with Crippen molar-refractivity contribution < 1.29 is 4.21 Å². The van der Waals surface area contributed by atoms with Gasteiger partial charge in [-0.3, -0.25) is 4.21 Å². The monoisotopic (exact) mass is 243 g/mol. The van der Waals surface area contributed by atoms with Gasteiger partial charge in [0.2, 0.25) is 5.95 Å². The minimum absolute atomic E-state index is 0.593. The van der Waals surface area contributed by atoms with E-state index in [2.05, 4.69) is 24.1 Å². The van der Waals surface area contributed by atoms with Gasteiger partial charge in [-0.1, -0.05) is 20.8 Å². The molecule has 92 valence electrons. The third-order valence-electron chi connectivity index (χ3n) is 2.27. The first-order chi connectivity index (χ1) is 7.63. The van der Waals surface area contributed by atoms with Crippen molar-refractivity contribution in [2.24, 2.45) is 5.92 Å². The third-order valence-corrected chi connectivity index (χ3v) is 3.55. The molecule has 5 heteroatoms. The van der Waals surface area contributed by atoms with Crippen molar-refractivity contribution in [3.63, 3.8) is 0 Å². The van der Waals surface area contributed by atoms with Crippen molar-refractivity contribution in [2.75, 3.05) is 23.4 Å². The van der Waals surface area contributed by atoms with E-state index in [4.69, 9.17) is 0 Å². The molecule has 1 N–H and O–H groups in total. The maximum Gasteiger partial charge on any atom is 0.202 e. The average Bonchev–Trinajstić information content (AvgIpc) is 2.70. The number of nitrogens with zero attached hydrogens (tertiary/aromatic N) is 2. The molecular formula is C11H21N3OS. The molecule has 1 heterocycles. The molecule has 0 saturated carbocycles. The lowest BCUT2D eigenvalue weighted by atomic mass is 10.2. The largest absolute Gasteiger partial charge is 0.355 e. The Morgan fingerprint density at radius 1 is 1.56 bits per heavy atom. The SMILES string of the molecule is CCS(=O)CCn1ccnc1NCC(C)C. The van der Waals surface area contributed by atoms with E-state index >= 15 is 0 Å². The molecule has 1 aromatic rings. The molecule has 0 fully saturated rings.